The summed E-state index contributed by atoms with van der Waals surface area (Å²) in [5.41, 5.74) is 8.31. The van der Waals surface area contributed by atoms with E-state index < -0.39 is 17.6 Å². The Hall–Kier alpha value is -3.00. The average Bonchev–Trinajstić information content (AvgIpc) is 3.47. The standard InChI is InChI=1S/C24H25N5O2/c25-20-6-5-14-3-4-16(10-17(14)28-20)18-11-24(13-27-18)12-19(21(30)22(24)31)29-9-7-15-2-1-8-26-23(15)29/h1-10,18-19,21-22,27,30-31H,11-13H2,(H2,25,28)/t18-,19-,21+,22+,24+/m1/s1. The largest absolute Gasteiger partial charge is 0.390 e. The number of rotatable bonds is 2. The van der Waals surface area contributed by atoms with Gasteiger partial charge in [0.05, 0.1) is 17.7 Å². The predicted octanol–water partition coefficient (Wildman–Crippen LogP) is 2.55. The Morgan fingerprint density at radius 1 is 1.06 bits per heavy atom. The van der Waals surface area contributed by atoms with E-state index in [1.807, 2.05) is 35.0 Å². The Balaban J connectivity index is 1.30. The normalized spacial score (nSPS) is 30.6. The molecule has 4 aromatic rings. The number of nitrogens with two attached hydrogens (primary N) is 1. The number of anilines is 1. The fourth-order valence-electron chi connectivity index (χ4n) is 5.61. The Bertz CT molecular complexity index is 1290. The van der Waals surface area contributed by atoms with Crippen LogP contribution in [0.15, 0.2) is 60.9 Å². The third kappa shape index (κ3) is 2.85. The molecule has 3 aromatic heterocycles. The molecule has 2 aliphatic rings. The van der Waals surface area contributed by atoms with Crippen molar-refractivity contribution in [3.63, 3.8) is 0 Å². The van der Waals surface area contributed by atoms with Crippen LogP contribution in [0, 0.1) is 5.41 Å². The summed E-state index contributed by atoms with van der Waals surface area (Å²) in [5.74, 6) is 0.505. The molecule has 1 spiro atoms. The van der Waals surface area contributed by atoms with Crippen molar-refractivity contribution >= 4 is 27.8 Å². The van der Waals surface area contributed by atoms with Crippen LogP contribution in [0.1, 0.15) is 30.5 Å². The number of pyridine rings is 2. The lowest BCUT2D eigenvalue weighted by molar-refractivity contribution is -0.0218. The molecule has 158 valence electrons. The van der Waals surface area contributed by atoms with E-state index in [1.165, 1.54) is 0 Å². The van der Waals surface area contributed by atoms with Crippen molar-refractivity contribution in [2.75, 3.05) is 12.3 Å². The van der Waals surface area contributed by atoms with Gasteiger partial charge < -0.3 is 25.8 Å². The van der Waals surface area contributed by atoms with Crippen molar-refractivity contribution in [3.05, 3.63) is 66.5 Å². The fraction of sp³-hybridized carbons (Fsp3) is 0.333. The van der Waals surface area contributed by atoms with Crippen LogP contribution in [0.3, 0.4) is 0 Å². The number of aromatic nitrogens is 3. The van der Waals surface area contributed by atoms with Gasteiger partial charge in [-0.3, -0.25) is 0 Å². The number of hydrogen-bond donors (Lipinski definition) is 4. The van der Waals surface area contributed by atoms with Crippen molar-refractivity contribution in [3.8, 4) is 0 Å². The summed E-state index contributed by atoms with van der Waals surface area (Å²) in [6.45, 7) is 0.654. The van der Waals surface area contributed by atoms with E-state index in [0.717, 1.165) is 33.9 Å². The van der Waals surface area contributed by atoms with E-state index in [-0.39, 0.29) is 12.1 Å². The zero-order chi connectivity index (χ0) is 21.2. The van der Waals surface area contributed by atoms with Gasteiger partial charge in [0, 0.05) is 41.2 Å². The predicted molar refractivity (Wildman–Crippen MR) is 119 cm³/mol. The second-order valence-corrected chi connectivity index (χ2v) is 9.03. The van der Waals surface area contributed by atoms with Gasteiger partial charge in [0.15, 0.2) is 0 Å². The Morgan fingerprint density at radius 3 is 2.84 bits per heavy atom. The summed E-state index contributed by atoms with van der Waals surface area (Å²) in [6.07, 6.45) is 3.54. The van der Waals surface area contributed by atoms with Gasteiger partial charge in [0.25, 0.3) is 0 Å². The van der Waals surface area contributed by atoms with Crippen LogP contribution in [0.4, 0.5) is 5.82 Å². The first-order valence-electron chi connectivity index (χ1n) is 10.7. The van der Waals surface area contributed by atoms with Crippen LogP contribution in [0.5, 0.6) is 0 Å². The number of benzene rings is 1. The first kappa shape index (κ1) is 18.7. The number of nitrogen functional groups attached to an aromatic ring is 1. The quantitative estimate of drug-likeness (QED) is 0.401. The molecule has 4 heterocycles. The average molecular weight is 415 g/mol. The number of nitrogens with zero attached hydrogens (tertiary/aromatic N) is 3. The van der Waals surface area contributed by atoms with Crippen molar-refractivity contribution in [2.24, 2.45) is 5.41 Å². The summed E-state index contributed by atoms with van der Waals surface area (Å²) in [7, 11) is 0. The molecule has 1 saturated carbocycles. The van der Waals surface area contributed by atoms with Gasteiger partial charge in [-0.05, 0) is 54.8 Å². The third-order valence-corrected chi connectivity index (χ3v) is 7.25. The maximum atomic E-state index is 11.1. The third-order valence-electron chi connectivity index (χ3n) is 7.25. The van der Waals surface area contributed by atoms with Crippen LogP contribution in [-0.2, 0) is 0 Å². The molecule has 5 N–H and O–H groups in total. The van der Waals surface area contributed by atoms with Crippen LogP contribution in [0.25, 0.3) is 21.9 Å². The molecular formula is C24H25N5O2. The number of fused-ring (bicyclic) bond motifs is 2. The SMILES string of the molecule is Nc1ccc2ccc([C@H]3C[C@@]4(CN3)C[C@@H](n3ccc5cccnc53)[C@H](O)[C@@H]4O)cc2n1. The minimum Gasteiger partial charge on any atom is -0.390 e. The first-order chi connectivity index (χ1) is 15.0. The molecule has 1 aliphatic heterocycles. The molecule has 0 bridgehead atoms. The molecule has 1 aromatic carbocycles. The van der Waals surface area contributed by atoms with Crippen LogP contribution in [-0.4, -0.2) is 43.5 Å². The van der Waals surface area contributed by atoms with Gasteiger partial charge in [-0.1, -0.05) is 12.1 Å². The maximum absolute atomic E-state index is 11.1. The Morgan fingerprint density at radius 2 is 1.94 bits per heavy atom. The van der Waals surface area contributed by atoms with Gasteiger partial charge in [-0.15, -0.1) is 0 Å². The molecule has 6 rings (SSSR count). The summed E-state index contributed by atoms with van der Waals surface area (Å²) in [6, 6.07) is 15.8. The van der Waals surface area contributed by atoms with E-state index >= 15 is 0 Å². The number of nitrogens with one attached hydrogen (secondary N) is 1. The molecule has 7 nitrogen and oxygen atoms in total. The van der Waals surface area contributed by atoms with Crippen LogP contribution < -0.4 is 11.1 Å². The highest BCUT2D eigenvalue weighted by molar-refractivity contribution is 5.80. The summed E-state index contributed by atoms with van der Waals surface area (Å²) < 4.78 is 2.02. The molecule has 5 atom stereocenters. The second kappa shape index (κ2) is 6.75. The molecular weight excluding hydrogens is 390 g/mol. The van der Waals surface area contributed by atoms with Crippen molar-refractivity contribution < 1.29 is 10.2 Å². The lowest BCUT2D eigenvalue weighted by atomic mass is 9.80. The molecule has 2 fully saturated rings. The van der Waals surface area contributed by atoms with E-state index in [9.17, 15) is 10.2 Å². The fourth-order valence-corrected chi connectivity index (χ4v) is 5.61. The number of aliphatic hydroxyl groups excluding tert-OH is 2. The smallest absolute Gasteiger partial charge is 0.140 e. The molecule has 31 heavy (non-hydrogen) atoms. The molecule has 0 amide bonds. The molecule has 0 unspecified atom stereocenters. The monoisotopic (exact) mass is 415 g/mol. The topological polar surface area (TPSA) is 109 Å². The van der Waals surface area contributed by atoms with E-state index in [2.05, 4.69) is 33.5 Å². The highest BCUT2D eigenvalue weighted by Crippen LogP contribution is 2.52. The van der Waals surface area contributed by atoms with Crippen molar-refractivity contribution in [2.45, 2.75) is 37.1 Å². The zero-order valence-electron chi connectivity index (χ0n) is 17.0. The van der Waals surface area contributed by atoms with Gasteiger partial charge in [-0.25, -0.2) is 9.97 Å². The minimum atomic E-state index is -0.837. The van der Waals surface area contributed by atoms with Crippen molar-refractivity contribution in [1.29, 1.82) is 0 Å². The van der Waals surface area contributed by atoms with Gasteiger partial charge in [0.1, 0.15) is 17.6 Å². The molecule has 1 aliphatic carbocycles. The van der Waals surface area contributed by atoms with Crippen molar-refractivity contribution in [1.82, 2.24) is 19.9 Å². The van der Waals surface area contributed by atoms with Gasteiger partial charge >= 0.3 is 0 Å². The highest BCUT2D eigenvalue weighted by Gasteiger charge is 2.56. The number of hydrogen-bond acceptors (Lipinski definition) is 6. The highest BCUT2D eigenvalue weighted by atomic mass is 16.3. The number of aliphatic hydroxyl groups is 2. The molecule has 7 heteroatoms. The second-order valence-electron chi connectivity index (χ2n) is 9.03. The van der Waals surface area contributed by atoms with E-state index in [0.29, 0.717) is 18.8 Å². The Kier molecular flexibility index (Phi) is 4.08. The van der Waals surface area contributed by atoms with E-state index in [1.54, 1.807) is 12.3 Å². The first-order valence-corrected chi connectivity index (χ1v) is 10.7. The van der Waals surface area contributed by atoms with Crippen LogP contribution in [0.2, 0.25) is 0 Å². The summed E-state index contributed by atoms with van der Waals surface area (Å²) in [4.78, 5) is 8.95. The summed E-state index contributed by atoms with van der Waals surface area (Å²) in [5, 5.41) is 27.8. The lowest BCUT2D eigenvalue weighted by Gasteiger charge is -2.27. The lowest BCUT2D eigenvalue weighted by Crippen LogP contribution is -2.38. The summed E-state index contributed by atoms with van der Waals surface area (Å²) >= 11 is 0. The Labute approximate surface area is 179 Å². The molecule has 1 saturated heterocycles. The van der Waals surface area contributed by atoms with Gasteiger partial charge in [-0.2, -0.15) is 0 Å². The maximum Gasteiger partial charge on any atom is 0.140 e. The minimum absolute atomic E-state index is 0.0905. The zero-order valence-corrected chi connectivity index (χ0v) is 17.0. The van der Waals surface area contributed by atoms with E-state index in [4.69, 9.17) is 5.73 Å². The van der Waals surface area contributed by atoms with Crippen LogP contribution >= 0.6 is 0 Å². The van der Waals surface area contributed by atoms with Gasteiger partial charge in [0.2, 0.25) is 0 Å². The molecule has 0 radical (unpaired) electrons.